The normalized spacial score (nSPS) is 9.30. The van der Waals surface area contributed by atoms with Crippen molar-refractivity contribution in [2.75, 3.05) is 0 Å². The van der Waals surface area contributed by atoms with Crippen LogP contribution in [0.15, 0.2) is 11.6 Å². The molecule has 0 heterocycles. The summed E-state index contributed by atoms with van der Waals surface area (Å²) in [6.07, 6.45) is 2.04. The van der Waals surface area contributed by atoms with Crippen LogP contribution in [0.5, 0.6) is 0 Å². The molecule has 0 saturated carbocycles. The Labute approximate surface area is 68.1 Å². The van der Waals surface area contributed by atoms with Crippen molar-refractivity contribution < 1.29 is 4.74 Å². The molecule has 0 rings (SSSR count). The molecule has 0 saturated heterocycles. The Morgan fingerprint density at radius 2 is 1.90 bits per heavy atom. The highest BCUT2D eigenvalue weighted by molar-refractivity contribution is 7.80. The molecule has 58 valence electrons. The van der Waals surface area contributed by atoms with Crippen molar-refractivity contribution in [1.82, 2.24) is 0 Å². The fraction of sp³-hybridized carbons (Fsp3) is 0.625. The lowest BCUT2D eigenvalue weighted by molar-refractivity contribution is 0.237. The zero-order chi connectivity index (χ0) is 8.15. The molecule has 0 fully saturated rings. The molecule has 1 nitrogen and oxygen atoms in total. The third-order valence-corrected chi connectivity index (χ3v) is 0.972. The van der Waals surface area contributed by atoms with Crippen molar-refractivity contribution in [3.8, 4) is 0 Å². The molecule has 0 aromatic heterocycles. The van der Waals surface area contributed by atoms with Gasteiger partial charge in [-0.15, -0.1) is 0 Å². The molecule has 0 bridgehead atoms. The third-order valence-electron chi connectivity index (χ3n) is 0.758. The zero-order valence-corrected chi connectivity index (χ0v) is 7.79. The molecular formula is C8H14OS. The van der Waals surface area contributed by atoms with Gasteiger partial charge in [-0.3, -0.25) is 0 Å². The fourth-order valence-corrected chi connectivity index (χ4v) is 0.930. The maximum atomic E-state index is 5.22. The Balaban J connectivity index is 3.76. The number of allylic oxidation sites excluding steroid dienone is 1. The molecule has 0 atom stereocenters. The highest BCUT2D eigenvalue weighted by Crippen LogP contribution is 1.96. The number of ether oxygens (including phenoxy) is 1. The second kappa shape index (κ2) is 4.45. The second-order valence-corrected chi connectivity index (χ2v) is 3.11. The quantitative estimate of drug-likeness (QED) is 0.451. The lowest BCUT2D eigenvalue weighted by Crippen LogP contribution is -2.06. The minimum atomic E-state index is 0.183. The Hall–Kier alpha value is -0.370. The average Bonchev–Trinajstić information content (AvgIpc) is 1.58. The second-order valence-electron chi connectivity index (χ2n) is 2.71. The molecule has 0 aliphatic carbocycles. The van der Waals surface area contributed by atoms with Crippen LogP contribution in [0.1, 0.15) is 27.7 Å². The van der Waals surface area contributed by atoms with E-state index in [0.717, 1.165) is 0 Å². The van der Waals surface area contributed by atoms with Gasteiger partial charge in [0.2, 0.25) is 0 Å². The molecule has 0 aromatic rings. The smallest absolute Gasteiger partial charge is 0.183 e. The zero-order valence-electron chi connectivity index (χ0n) is 6.97. The van der Waals surface area contributed by atoms with Crippen LogP contribution in [0.25, 0.3) is 0 Å². The van der Waals surface area contributed by atoms with E-state index in [1.165, 1.54) is 5.57 Å². The van der Waals surface area contributed by atoms with Gasteiger partial charge in [0.15, 0.2) is 5.05 Å². The first-order valence-electron chi connectivity index (χ1n) is 3.38. The summed E-state index contributed by atoms with van der Waals surface area (Å²) in [5.74, 6) is 0. The summed E-state index contributed by atoms with van der Waals surface area (Å²) in [5.41, 5.74) is 1.17. The van der Waals surface area contributed by atoms with E-state index < -0.39 is 0 Å². The Morgan fingerprint density at radius 1 is 1.40 bits per heavy atom. The molecule has 0 N–H and O–H groups in total. The predicted molar refractivity (Wildman–Crippen MR) is 48.3 cm³/mol. The van der Waals surface area contributed by atoms with Crippen molar-refractivity contribution in [3.05, 3.63) is 11.6 Å². The molecule has 2 heteroatoms. The van der Waals surface area contributed by atoms with Crippen molar-refractivity contribution >= 4 is 17.3 Å². The molecule has 0 unspecified atom stereocenters. The van der Waals surface area contributed by atoms with Crippen molar-refractivity contribution in [2.45, 2.75) is 33.8 Å². The standard InChI is InChI=1S/C8H14OS/c1-6(2)5-8(10)9-7(3)4/h5,7H,1-4H3. The van der Waals surface area contributed by atoms with E-state index in [4.69, 9.17) is 17.0 Å². The predicted octanol–water partition coefficient (Wildman–Crippen LogP) is 2.71. The van der Waals surface area contributed by atoms with E-state index >= 15 is 0 Å². The lowest BCUT2D eigenvalue weighted by Gasteiger charge is -2.06. The summed E-state index contributed by atoms with van der Waals surface area (Å²) in [4.78, 5) is 0. The summed E-state index contributed by atoms with van der Waals surface area (Å²) < 4.78 is 5.22. The lowest BCUT2D eigenvalue weighted by atomic mass is 10.3. The van der Waals surface area contributed by atoms with Crippen molar-refractivity contribution in [2.24, 2.45) is 0 Å². The van der Waals surface area contributed by atoms with Gasteiger partial charge in [0, 0.05) is 0 Å². The summed E-state index contributed by atoms with van der Waals surface area (Å²) in [6.45, 7) is 7.92. The maximum Gasteiger partial charge on any atom is 0.183 e. The van der Waals surface area contributed by atoms with Crippen LogP contribution in [-0.4, -0.2) is 11.2 Å². The SMILES string of the molecule is CC(C)=CC(=S)OC(C)C. The number of rotatable bonds is 2. The van der Waals surface area contributed by atoms with Crippen LogP contribution in [0.2, 0.25) is 0 Å². The van der Waals surface area contributed by atoms with Gasteiger partial charge in [-0.25, -0.2) is 0 Å². The summed E-state index contributed by atoms with van der Waals surface area (Å²) in [7, 11) is 0. The van der Waals surface area contributed by atoms with E-state index in [9.17, 15) is 0 Å². The fourth-order valence-electron chi connectivity index (χ4n) is 0.502. The third kappa shape index (κ3) is 5.76. The molecule has 10 heavy (non-hydrogen) atoms. The van der Waals surface area contributed by atoms with Gasteiger partial charge in [-0.1, -0.05) is 5.57 Å². The summed E-state index contributed by atoms with van der Waals surface area (Å²) in [5, 5.41) is 0.579. The van der Waals surface area contributed by atoms with Gasteiger partial charge in [-0.05, 0) is 46.0 Å². The van der Waals surface area contributed by atoms with Gasteiger partial charge < -0.3 is 4.74 Å². The molecule has 0 aromatic carbocycles. The van der Waals surface area contributed by atoms with Crippen LogP contribution in [0.4, 0.5) is 0 Å². The Bertz CT molecular complexity index is 143. The molecule has 0 aliphatic rings. The van der Waals surface area contributed by atoms with Crippen molar-refractivity contribution in [3.63, 3.8) is 0 Å². The largest absolute Gasteiger partial charge is 0.481 e. The number of hydrogen-bond acceptors (Lipinski definition) is 2. The van der Waals surface area contributed by atoms with E-state index in [-0.39, 0.29) is 6.10 Å². The van der Waals surface area contributed by atoms with Crippen molar-refractivity contribution in [1.29, 1.82) is 0 Å². The van der Waals surface area contributed by atoms with E-state index in [1.807, 2.05) is 33.8 Å². The van der Waals surface area contributed by atoms with Gasteiger partial charge >= 0.3 is 0 Å². The van der Waals surface area contributed by atoms with E-state index in [1.54, 1.807) is 0 Å². The molecule has 0 radical (unpaired) electrons. The van der Waals surface area contributed by atoms with E-state index in [2.05, 4.69) is 0 Å². The van der Waals surface area contributed by atoms with Gasteiger partial charge in [0.1, 0.15) is 0 Å². The molecule has 0 spiro atoms. The Kier molecular flexibility index (Phi) is 4.28. The van der Waals surface area contributed by atoms with Gasteiger partial charge in [0.25, 0.3) is 0 Å². The molecular weight excluding hydrogens is 144 g/mol. The monoisotopic (exact) mass is 158 g/mol. The Morgan fingerprint density at radius 3 is 2.20 bits per heavy atom. The highest BCUT2D eigenvalue weighted by atomic mass is 32.1. The highest BCUT2D eigenvalue weighted by Gasteiger charge is 1.95. The maximum absolute atomic E-state index is 5.22. The number of thiocarbonyl (C=S) groups is 1. The van der Waals surface area contributed by atoms with Crippen LogP contribution in [0.3, 0.4) is 0 Å². The molecule has 0 amide bonds. The first-order chi connectivity index (χ1) is 4.52. The topological polar surface area (TPSA) is 9.23 Å². The van der Waals surface area contributed by atoms with Crippen LogP contribution >= 0.6 is 12.2 Å². The van der Waals surface area contributed by atoms with Crippen LogP contribution < -0.4 is 0 Å². The van der Waals surface area contributed by atoms with Gasteiger partial charge in [-0.2, -0.15) is 0 Å². The first kappa shape index (κ1) is 9.63. The van der Waals surface area contributed by atoms with Crippen LogP contribution in [0, 0.1) is 0 Å². The summed E-state index contributed by atoms with van der Waals surface area (Å²) in [6, 6.07) is 0. The van der Waals surface area contributed by atoms with Gasteiger partial charge in [0.05, 0.1) is 6.10 Å². The average molecular weight is 158 g/mol. The minimum absolute atomic E-state index is 0.183. The first-order valence-corrected chi connectivity index (χ1v) is 3.78. The summed E-state index contributed by atoms with van der Waals surface area (Å²) >= 11 is 4.91. The van der Waals surface area contributed by atoms with E-state index in [0.29, 0.717) is 5.05 Å². The molecule has 0 aliphatic heterocycles. The van der Waals surface area contributed by atoms with Crippen LogP contribution in [-0.2, 0) is 4.74 Å². The number of hydrogen-bond donors (Lipinski definition) is 0. The minimum Gasteiger partial charge on any atom is -0.481 e.